The van der Waals surface area contributed by atoms with E-state index in [0.29, 0.717) is 4.77 Å². The maximum Gasteiger partial charge on any atom is 0.251 e. The van der Waals surface area contributed by atoms with E-state index in [-0.39, 0.29) is 5.56 Å². The Bertz CT molecular complexity index is 417. The molecule has 0 spiro atoms. The number of piperidine rings is 1. The summed E-state index contributed by atoms with van der Waals surface area (Å²) in [6.45, 7) is 2.03. The van der Waals surface area contributed by atoms with E-state index in [1.165, 1.54) is 25.3 Å². The number of nitrogens with zero attached hydrogens (tertiary/aromatic N) is 2. The van der Waals surface area contributed by atoms with Crippen molar-refractivity contribution in [1.82, 2.24) is 9.66 Å². The standard InChI is InChI=1S/C9H13N3OS/c13-8-4-7-12(9(14)10-8)11-5-2-1-3-6-11/h4,7H,1-3,5-6H2,(H,10,13,14). The van der Waals surface area contributed by atoms with Crippen molar-refractivity contribution in [3.05, 3.63) is 27.4 Å². The molecule has 1 aromatic rings. The van der Waals surface area contributed by atoms with Crippen LogP contribution < -0.4 is 10.6 Å². The van der Waals surface area contributed by atoms with Crippen molar-refractivity contribution in [3.8, 4) is 0 Å². The third-order valence-corrected chi connectivity index (χ3v) is 2.73. The van der Waals surface area contributed by atoms with Gasteiger partial charge in [-0.1, -0.05) is 0 Å². The molecule has 0 radical (unpaired) electrons. The molecular weight excluding hydrogens is 198 g/mol. The molecule has 0 amide bonds. The Balaban J connectivity index is 2.31. The van der Waals surface area contributed by atoms with E-state index in [2.05, 4.69) is 9.99 Å². The molecule has 1 aliphatic heterocycles. The van der Waals surface area contributed by atoms with Crippen LogP contribution in [0.15, 0.2) is 17.1 Å². The first-order chi connectivity index (χ1) is 6.77. The molecular formula is C9H13N3OS. The van der Waals surface area contributed by atoms with Crippen LogP contribution in [0.25, 0.3) is 0 Å². The highest BCUT2D eigenvalue weighted by atomic mass is 32.1. The van der Waals surface area contributed by atoms with Crippen LogP contribution in [0.5, 0.6) is 0 Å². The van der Waals surface area contributed by atoms with Crippen LogP contribution in [0, 0.1) is 4.77 Å². The molecule has 0 aromatic carbocycles. The zero-order valence-corrected chi connectivity index (χ0v) is 8.72. The molecule has 0 atom stereocenters. The van der Waals surface area contributed by atoms with E-state index in [1.54, 1.807) is 6.20 Å². The molecule has 1 aliphatic rings. The number of aromatic amines is 1. The highest BCUT2D eigenvalue weighted by molar-refractivity contribution is 7.71. The van der Waals surface area contributed by atoms with Gasteiger partial charge >= 0.3 is 0 Å². The lowest BCUT2D eigenvalue weighted by atomic mass is 10.2. The highest BCUT2D eigenvalue weighted by Crippen LogP contribution is 2.07. The molecule has 1 fully saturated rings. The fourth-order valence-electron chi connectivity index (χ4n) is 1.73. The molecule has 2 heterocycles. The second-order valence-electron chi connectivity index (χ2n) is 3.47. The van der Waals surface area contributed by atoms with Gasteiger partial charge in [0.2, 0.25) is 0 Å². The van der Waals surface area contributed by atoms with Crippen molar-refractivity contribution in [2.24, 2.45) is 0 Å². The average Bonchev–Trinajstić information content (AvgIpc) is 2.19. The second-order valence-corrected chi connectivity index (χ2v) is 3.86. The molecule has 1 aromatic heterocycles. The zero-order valence-electron chi connectivity index (χ0n) is 7.90. The summed E-state index contributed by atoms with van der Waals surface area (Å²) in [5.41, 5.74) is -0.136. The summed E-state index contributed by atoms with van der Waals surface area (Å²) in [7, 11) is 0. The lowest BCUT2D eigenvalue weighted by Crippen LogP contribution is -2.40. The second kappa shape index (κ2) is 3.96. The van der Waals surface area contributed by atoms with Gasteiger partial charge in [-0.2, -0.15) is 0 Å². The van der Waals surface area contributed by atoms with Crippen LogP contribution in [-0.2, 0) is 0 Å². The maximum atomic E-state index is 11.0. The topological polar surface area (TPSA) is 41.0 Å². The average molecular weight is 211 g/mol. The van der Waals surface area contributed by atoms with Gasteiger partial charge in [0.25, 0.3) is 5.56 Å². The van der Waals surface area contributed by atoms with Gasteiger partial charge in [-0.15, -0.1) is 0 Å². The molecule has 14 heavy (non-hydrogen) atoms. The minimum absolute atomic E-state index is 0.136. The van der Waals surface area contributed by atoms with Crippen molar-refractivity contribution in [2.45, 2.75) is 19.3 Å². The number of rotatable bonds is 1. The Kier molecular flexibility index (Phi) is 2.67. The summed E-state index contributed by atoms with van der Waals surface area (Å²) in [6, 6.07) is 1.50. The highest BCUT2D eigenvalue weighted by Gasteiger charge is 2.10. The van der Waals surface area contributed by atoms with E-state index >= 15 is 0 Å². The Morgan fingerprint density at radius 3 is 2.64 bits per heavy atom. The smallest absolute Gasteiger partial charge is 0.251 e. The number of aromatic nitrogens is 2. The van der Waals surface area contributed by atoms with Gasteiger partial charge < -0.3 is 5.01 Å². The summed E-state index contributed by atoms with van der Waals surface area (Å²) >= 11 is 5.09. The van der Waals surface area contributed by atoms with Crippen LogP contribution in [0.3, 0.4) is 0 Å². The molecule has 2 rings (SSSR count). The van der Waals surface area contributed by atoms with Gasteiger partial charge in [-0.25, -0.2) is 4.68 Å². The maximum absolute atomic E-state index is 11.0. The van der Waals surface area contributed by atoms with Gasteiger partial charge in [0, 0.05) is 25.4 Å². The van der Waals surface area contributed by atoms with E-state index < -0.39 is 0 Å². The molecule has 0 unspecified atom stereocenters. The molecule has 0 aliphatic carbocycles. The lowest BCUT2D eigenvalue weighted by molar-refractivity contribution is 0.469. The predicted molar refractivity (Wildman–Crippen MR) is 57.7 cm³/mol. The lowest BCUT2D eigenvalue weighted by Gasteiger charge is -2.30. The summed E-state index contributed by atoms with van der Waals surface area (Å²) in [5, 5.41) is 2.17. The first-order valence-electron chi connectivity index (χ1n) is 4.84. The summed E-state index contributed by atoms with van der Waals surface area (Å²) < 4.78 is 2.34. The monoisotopic (exact) mass is 211 g/mol. The van der Waals surface area contributed by atoms with Crippen molar-refractivity contribution in [1.29, 1.82) is 0 Å². The largest absolute Gasteiger partial charge is 0.311 e. The molecule has 0 bridgehead atoms. The third-order valence-electron chi connectivity index (χ3n) is 2.44. The van der Waals surface area contributed by atoms with Crippen LogP contribution >= 0.6 is 12.2 Å². The SMILES string of the molecule is O=c1ccn(N2CCCCC2)c(=S)[nH]1. The normalized spacial score (nSPS) is 17.0. The van der Waals surface area contributed by atoms with Gasteiger partial charge in [0.15, 0.2) is 4.77 Å². The predicted octanol–water partition coefficient (Wildman–Crippen LogP) is 1.03. The Hall–Kier alpha value is -1.10. The Labute approximate surface area is 87.1 Å². The first-order valence-corrected chi connectivity index (χ1v) is 5.25. The van der Waals surface area contributed by atoms with Gasteiger partial charge in [-0.05, 0) is 31.5 Å². The van der Waals surface area contributed by atoms with Crippen LogP contribution in [0.4, 0.5) is 0 Å². The van der Waals surface area contributed by atoms with Crippen molar-refractivity contribution in [3.63, 3.8) is 0 Å². The Morgan fingerprint density at radius 2 is 2.00 bits per heavy atom. The van der Waals surface area contributed by atoms with E-state index in [1.807, 2.05) is 4.68 Å². The van der Waals surface area contributed by atoms with Crippen molar-refractivity contribution in [2.75, 3.05) is 18.1 Å². The van der Waals surface area contributed by atoms with E-state index in [0.717, 1.165) is 13.1 Å². The summed E-state index contributed by atoms with van der Waals surface area (Å²) in [5.74, 6) is 0. The number of H-pyrrole nitrogens is 1. The van der Waals surface area contributed by atoms with E-state index in [9.17, 15) is 4.79 Å². The molecule has 5 heteroatoms. The van der Waals surface area contributed by atoms with Crippen molar-refractivity contribution < 1.29 is 0 Å². The van der Waals surface area contributed by atoms with Gasteiger partial charge in [0.1, 0.15) is 0 Å². The number of nitrogens with one attached hydrogen (secondary N) is 1. The van der Waals surface area contributed by atoms with Crippen LogP contribution in [0.1, 0.15) is 19.3 Å². The molecule has 1 saturated heterocycles. The van der Waals surface area contributed by atoms with Gasteiger partial charge in [0.05, 0.1) is 0 Å². The van der Waals surface area contributed by atoms with Crippen LogP contribution in [0.2, 0.25) is 0 Å². The minimum atomic E-state index is -0.136. The fourth-order valence-corrected chi connectivity index (χ4v) is 2.00. The van der Waals surface area contributed by atoms with Crippen LogP contribution in [-0.4, -0.2) is 22.7 Å². The van der Waals surface area contributed by atoms with Gasteiger partial charge in [-0.3, -0.25) is 9.78 Å². The quantitative estimate of drug-likeness (QED) is 0.705. The molecule has 76 valence electrons. The first kappa shape index (κ1) is 9.45. The molecule has 0 saturated carbocycles. The molecule has 4 nitrogen and oxygen atoms in total. The molecule has 1 N–H and O–H groups in total. The summed E-state index contributed by atoms with van der Waals surface area (Å²) in [4.78, 5) is 13.6. The number of hydrogen-bond acceptors (Lipinski definition) is 3. The van der Waals surface area contributed by atoms with E-state index in [4.69, 9.17) is 12.2 Å². The third kappa shape index (κ3) is 1.87. The van der Waals surface area contributed by atoms with Crippen molar-refractivity contribution >= 4 is 12.2 Å². The number of hydrogen-bond donors (Lipinski definition) is 1. The summed E-state index contributed by atoms with van der Waals surface area (Å²) in [6.07, 6.45) is 5.42. The minimum Gasteiger partial charge on any atom is -0.311 e. The Morgan fingerprint density at radius 1 is 1.29 bits per heavy atom. The fraction of sp³-hybridized carbons (Fsp3) is 0.556. The zero-order chi connectivity index (χ0) is 9.97.